The zero-order valence-corrected chi connectivity index (χ0v) is 17.1. The highest BCUT2D eigenvalue weighted by atomic mass is 15.6. The smallest absolute Gasteiger partial charge is 0.225 e. The Balaban J connectivity index is 1.49. The molecule has 0 amide bonds. The van der Waals surface area contributed by atoms with Crippen molar-refractivity contribution >= 4 is 5.95 Å². The van der Waals surface area contributed by atoms with E-state index in [0.717, 1.165) is 44.4 Å². The maximum atomic E-state index is 4.52. The maximum Gasteiger partial charge on any atom is 0.225 e. The Morgan fingerprint density at radius 1 is 1.00 bits per heavy atom. The van der Waals surface area contributed by atoms with Crippen LogP contribution in [0.25, 0.3) is 0 Å². The van der Waals surface area contributed by atoms with Crippen molar-refractivity contribution in [1.29, 1.82) is 0 Å². The predicted molar refractivity (Wildman–Crippen MR) is 108 cm³/mol. The first kappa shape index (κ1) is 19.2. The molecule has 28 heavy (non-hydrogen) atoms. The SMILES string of the molecule is CC(C)C[C@@H](c1nnnn1C1CCCCC1)N1CCN(c2ncccn2)CC1. The Morgan fingerprint density at radius 2 is 1.71 bits per heavy atom. The van der Waals surface area contributed by atoms with Crippen LogP contribution in [-0.2, 0) is 0 Å². The molecule has 1 aliphatic heterocycles. The zero-order chi connectivity index (χ0) is 19.3. The summed E-state index contributed by atoms with van der Waals surface area (Å²) in [5.74, 6) is 2.48. The molecule has 0 radical (unpaired) electrons. The van der Waals surface area contributed by atoms with Crippen LogP contribution in [0.15, 0.2) is 18.5 Å². The highest BCUT2D eigenvalue weighted by molar-refractivity contribution is 5.29. The summed E-state index contributed by atoms with van der Waals surface area (Å²) >= 11 is 0. The molecule has 8 nitrogen and oxygen atoms in total. The number of tetrazole rings is 1. The van der Waals surface area contributed by atoms with E-state index in [1.165, 1.54) is 32.1 Å². The first-order chi connectivity index (χ1) is 13.7. The molecule has 3 heterocycles. The summed E-state index contributed by atoms with van der Waals surface area (Å²) in [6, 6.07) is 2.60. The van der Waals surface area contributed by atoms with Crippen molar-refractivity contribution in [3.63, 3.8) is 0 Å². The number of piperazine rings is 1. The van der Waals surface area contributed by atoms with Crippen molar-refractivity contribution in [2.45, 2.75) is 64.5 Å². The summed E-state index contributed by atoms with van der Waals surface area (Å²) in [4.78, 5) is 13.6. The first-order valence-corrected chi connectivity index (χ1v) is 10.8. The van der Waals surface area contributed by atoms with Crippen LogP contribution in [0.4, 0.5) is 5.95 Å². The molecular formula is C20H32N8. The van der Waals surface area contributed by atoms with Crippen LogP contribution in [0.3, 0.4) is 0 Å². The van der Waals surface area contributed by atoms with Gasteiger partial charge in [-0.05, 0) is 41.7 Å². The average molecular weight is 385 g/mol. The fourth-order valence-electron chi connectivity index (χ4n) is 4.56. The van der Waals surface area contributed by atoms with Crippen molar-refractivity contribution in [3.05, 3.63) is 24.3 Å². The number of rotatable bonds is 6. The topological polar surface area (TPSA) is 75.9 Å². The summed E-state index contributed by atoms with van der Waals surface area (Å²) in [6.07, 6.45) is 11.0. The quantitative estimate of drug-likeness (QED) is 0.758. The molecule has 2 aromatic heterocycles. The van der Waals surface area contributed by atoms with Crippen molar-refractivity contribution in [1.82, 2.24) is 35.1 Å². The van der Waals surface area contributed by atoms with E-state index in [4.69, 9.17) is 0 Å². The predicted octanol–water partition coefficient (Wildman–Crippen LogP) is 2.88. The van der Waals surface area contributed by atoms with Gasteiger partial charge in [0.05, 0.1) is 12.1 Å². The Labute approximate surface area is 167 Å². The van der Waals surface area contributed by atoms with Crippen molar-refractivity contribution in [2.75, 3.05) is 31.1 Å². The minimum Gasteiger partial charge on any atom is -0.338 e. The molecule has 152 valence electrons. The van der Waals surface area contributed by atoms with E-state index in [-0.39, 0.29) is 6.04 Å². The fourth-order valence-corrected chi connectivity index (χ4v) is 4.56. The summed E-state index contributed by atoms with van der Waals surface area (Å²) in [5.41, 5.74) is 0. The number of hydrogen-bond donors (Lipinski definition) is 0. The molecule has 0 N–H and O–H groups in total. The van der Waals surface area contributed by atoms with E-state index in [2.05, 4.69) is 53.8 Å². The highest BCUT2D eigenvalue weighted by Gasteiger charge is 2.32. The third kappa shape index (κ3) is 4.32. The van der Waals surface area contributed by atoms with Crippen LogP contribution in [0.2, 0.25) is 0 Å². The van der Waals surface area contributed by atoms with Gasteiger partial charge in [-0.15, -0.1) is 5.10 Å². The molecule has 2 fully saturated rings. The minimum atomic E-state index is 0.274. The second-order valence-corrected chi connectivity index (χ2v) is 8.49. The molecule has 2 aromatic rings. The Morgan fingerprint density at radius 3 is 2.39 bits per heavy atom. The largest absolute Gasteiger partial charge is 0.338 e. The van der Waals surface area contributed by atoms with Gasteiger partial charge in [0.25, 0.3) is 0 Å². The Kier molecular flexibility index (Phi) is 6.14. The van der Waals surface area contributed by atoms with E-state index in [9.17, 15) is 0 Å². The van der Waals surface area contributed by atoms with Crippen molar-refractivity contribution in [2.24, 2.45) is 5.92 Å². The second kappa shape index (κ2) is 8.94. The molecule has 0 aromatic carbocycles. The van der Waals surface area contributed by atoms with Gasteiger partial charge in [-0.25, -0.2) is 14.6 Å². The molecule has 2 aliphatic rings. The fraction of sp³-hybridized carbons (Fsp3) is 0.750. The molecule has 0 unspecified atom stereocenters. The van der Waals surface area contributed by atoms with Crippen molar-refractivity contribution < 1.29 is 0 Å². The lowest BCUT2D eigenvalue weighted by Crippen LogP contribution is -2.49. The van der Waals surface area contributed by atoms with Crippen LogP contribution in [0.5, 0.6) is 0 Å². The molecule has 1 aliphatic carbocycles. The van der Waals surface area contributed by atoms with Gasteiger partial charge in [0.15, 0.2) is 5.82 Å². The van der Waals surface area contributed by atoms with Gasteiger partial charge < -0.3 is 4.90 Å². The minimum absolute atomic E-state index is 0.274. The van der Waals surface area contributed by atoms with Gasteiger partial charge in [0.2, 0.25) is 5.95 Å². The first-order valence-electron chi connectivity index (χ1n) is 10.8. The summed E-state index contributed by atoms with van der Waals surface area (Å²) in [6.45, 7) is 8.40. The van der Waals surface area contributed by atoms with Gasteiger partial charge in [-0.2, -0.15) is 0 Å². The zero-order valence-electron chi connectivity index (χ0n) is 17.1. The van der Waals surface area contributed by atoms with Crippen LogP contribution in [0, 0.1) is 5.92 Å². The van der Waals surface area contributed by atoms with Gasteiger partial charge in [0.1, 0.15) is 0 Å². The Bertz CT molecular complexity index is 717. The number of hydrogen-bond acceptors (Lipinski definition) is 7. The molecular weight excluding hydrogens is 352 g/mol. The van der Waals surface area contributed by atoms with Crippen LogP contribution in [-0.4, -0.2) is 61.3 Å². The maximum absolute atomic E-state index is 4.52. The van der Waals surface area contributed by atoms with Crippen molar-refractivity contribution in [3.8, 4) is 0 Å². The van der Waals surface area contributed by atoms with Gasteiger partial charge >= 0.3 is 0 Å². The van der Waals surface area contributed by atoms with E-state index in [1.807, 2.05) is 18.5 Å². The van der Waals surface area contributed by atoms with Gasteiger partial charge in [0, 0.05) is 38.6 Å². The van der Waals surface area contributed by atoms with Gasteiger partial charge in [-0.1, -0.05) is 33.1 Å². The highest BCUT2D eigenvalue weighted by Crippen LogP contribution is 2.33. The Hall–Kier alpha value is -2.09. The van der Waals surface area contributed by atoms with Gasteiger partial charge in [-0.3, -0.25) is 4.90 Å². The molecule has 1 saturated carbocycles. The molecule has 0 bridgehead atoms. The lowest BCUT2D eigenvalue weighted by molar-refractivity contribution is 0.147. The number of anilines is 1. The summed E-state index contributed by atoms with van der Waals surface area (Å²) in [5, 5.41) is 13.0. The summed E-state index contributed by atoms with van der Waals surface area (Å²) in [7, 11) is 0. The van der Waals surface area contributed by atoms with E-state index >= 15 is 0 Å². The molecule has 4 rings (SSSR count). The molecule has 0 spiro atoms. The monoisotopic (exact) mass is 384 g/mol. The lowest BCUT2D eigenvalue weighted by atomic mass is 9.94. The van der Waals surface area contributed by atoms with E-state index in [1.54, 1.807) is 0 Å². The molecule has 1 atom stereocenters. The third-order valence-electron chi connectivity index (χ3n) is 6.02. The third-order valence-corrected chi connectivity index (χ3v) is 6.02. The summed E-state index contributed by atoms with van der Waals surface area (Å²) < 4.78 is 2.15. The normalized spacial score (nSPS) is 20.6. The van der Waals surface area contributed by atoms with Crippen LogP contribution in [0.1, 0.15) is 70.3 Å². The van der Waals surface area contributed by atoms with E-state index in [0.29, 0.717) is 12.0 Å². The van der Waals surface area contributed by atoms with Crippen LogP contribution < -0.4 is 4.90 Å². The molecule has 8 heteroatoms. The molecule has 1 saturated heterocycles. The van der Waals surface area contributed by atoms with E-state index < -0.39 is 0 Å². The number of nitrogens with zero attached hydrogens (tertiary/aromatic N) is 8. The lowest BCUT2D eigenvalue weighted by Gasteiger charge is -2.39. The number of aromatic nitrogens is 6. The average Bonchev–Trinajstić information content (AvgIpc) is 3.23. The van der Waals surface area contributed by atoms with Crippen LogP contribution >= 0.6 is 0 Å². The second-order valence-electron chi connectivity index (χ2n) is 8.49. The standard InChI is InChI=1S/C20H32N8/c1-16(2)15-18(19-23-24-25-28(19)17-7-4-3-5-8-17)26-11-13-27(14-12-26)20-21-9-6-10-22-20/h6,9-10,16-18H,3-5,7-8,11-15H2,1-2H3/t18-/m0/s1.